The van der Waals surface area contributed by atoms with Crippen LogP contribution in [0.4, 0.5) is 14.5 Å². The van der Waals surface area contributed by atoms with E-state index < -0.39 is 17.7 Å². The first kappa shape index (κ1) is 27.3. The number of nitrogens with zero attached hydrogens (tertiary/aromatic N) is 5. The first-order chi connectivity index (χ1) is 20.1. The van der Waals surface area contributed by atoms with Crippen LogP contribution in [0.2, 0.25) is 0 Å². The van der Waals surface area contributed by atoms with E-state index in [-0.39, 0.29) is 23.9 Å². The quantitative estimate of drug-likeness (QED) is 0.240. The summed E-state index contributed by atoms with van der Waals surface area (Å²) in [4.78, 5) is 34.0. The number of benzene rings is 3. The van der Waals surface area contributed by atoms with Crippen molar-refractivity contribution in [3.63, 3.8) is 0 Å². The SMILES string of the molecule is Cc1noc(C)c1-c1ccc2c(c1)nc([C@@H]1CCCC(=O)N1c1ccc(F)c(F)c1)n2-c1ccc(C(=O)N(C)C)cc1. The molecule has 2 aromatic heterocycles. The van der Waals surface area contributed by atoms with E-state index in [1.807, 2.05) is 48.7 Å². The monoisotopic (exact) mass is 569 g/mol. The molecule has 1 saturated heterocycles. The van der Waals surface area contributed by atoms with Crippen LogP contribution >= 0.6 is 0 Å². The molecule has 1 fully saturated rings. The van der Waals surface area contributed by atoms with Gasteiger partial charge in [-0.05, 0) is 80.8 Å². The zero-order valence-electron chi connectivity index (χ0n) is 23.7. The first-order valence-electron chi connectivity index (χ1n) is 13.7. The Labute approximate surface area is 241 Å². The Kier molecular flexibility index (Phi) is 6.84. The van der Waals surface area contributed by atoms with Gasteiger partial charge < -0.3 is 14.3 Å². The number of imidazole rings is 1. The van der Waals surface area contributed by atoms with Gasteiger partial charge in [-0.15, -0.1) is 0 Å². The number of fused-ring (bicyclic) bond motifs is 1. The topological polar surface area (TPSA) is 84.5 Å². The van der Waals surface area contributed by atoms with Gasteiger partial charge in [0.25, 0.3) is 5.91 Å². The number of rotatable bonds is 5. The highest BCUT2D eigenvalue weighted by Crippen LogP contribution is 2.39. The molecule has 0 N–H and O–H groups in total. The van der Waals surface area contributed by atoms with Gasteiger partial charge in [-0.3, -0.25) is 14.2 Å². The van der Waals surface area contributed by atoms with E-state index in [4.69, 9.17) is 9.51 Å². The predicted molar refractivity (Wildman–Crippen MR) is 154 cm³/mol. The van der Waals surface area contributed by atoms with Gasteiger partial charge in [0, 0.05) is 49.1 Å². The molecule has 3 heterocycles. The normalized spacial score (nSPS) is 15.4. The van der Waals surface area contributed by atoms with Crippen molar-refractivity contribution in [1.29, 1.82) is 0 Å². The Morgan fingerprint density at radius 1 is 0.976 bits per heavy atom. The number of piperidine rings is 1. The average molecular weight is 570 g/mol. The van der Waals surface area contributed by atoms with E-state index in [2.05, 4.69) is 5.16 Å². The second-order valence-corrected chi connectivity index (χ2v) is 10.7. The fourth-order valence-electron chi connectivity index (χ4n) is 5.73. The van der Waals surface area contributed by atoms with Gasteiger partial charge in [0.05, 0.1) is 22.8 Å². The van der Waals surface area contributed by atoms with Crippen molar-refractivity contribution in [2.45, 2.75) is 39.2 Å². The summed E-state index contributed by atoms with van der Waals surface area (Å²) in [6.07, 6.45) is 1.47. The fourth-order valence-corrected chi connectivity index (χ4v) is 5.73. The molecule has 0 aliphatic carbocycles. The van der Waals surface area contributed by atoms with E-state index in [0.717, 1.165) is 40.2 Å². The number of carbonyl (C=O) groups is 2. The second-order valence-electron chi connectivity index (χ2n) is 10.7. The molecule has 0 radical (unpaired) electrons. The summed E-state index contributed by atoms with van der Waals surface area (Å²) < 4.78 is 35.5. The van der Waals surface area contributed by atoms with Crippen LogP contribution in [0, 0.1) is 25.5 Å². The lowest BCUT2D eigenvalue weighted by molar-refractivity contribution is -0.120. The molecule has 0 saturated carbocycles. The van der Waals surface area contributed by atoms with Crippen LogP contribution < -0.4 is 4.90 Å². The molecule has 0 unspecified atom stereocenters. The second kappa shape index (κ2) is 10.5. The number of aryl methyl sites for hydroxylation is 2. The van der Waals surface area contributed by atoms with Gasteiger partial charge in [-0.1, -0.05) is 11.2 Å². The summed E-state index contributed by atoms with van der Waals surface area (Å²) in [5.41, 5.74) is 5.55. The van der Waals surface area contributed by atoms with E-state index in [9.17, 15) is 18.4 Å². The zero-order chi connectivity index (χ0) is 29.7. The third-order valence-corrected chi connectivity index (χ3v) is 7.71. The highest BCUT2D eigenvalue weighted by atomic mass is 19.2. The van der Waals surface area contributed by atoms with Gasteiger partial charge in [-0.2, -0.15) is 0 Å². The minimum Gasteiger partial charge on any atom is -0.361 e. The molecule has 10 heteroatoms. The Hall–Kier alpha value is -4.86. The van der Waals surface area contributed by atoms with Gasteiger partial charge in [0.1, 0.15) is 11.6 Å². The smallest absolute Gasteiger partial charge is 0.253 e. The number of aromatic nitrogens is 3. The molecule has 0 bridgehead atoms. The maximum absolute atomic E-state index is 14.3. The molecule has 0 spiro atoms. The first-order valence-corrected chi connectivity index (χ1v) is 13.7. The number of anilines is 1. The Bertz CT molecular complexity index is 1820. The number of hydrogen-bond acceptors (Lipinski definition) is 5. The standard InChI is InChI=1S/C32H29F2N5O3/c1-18-30(19(2)42-36-18)21-10-15-27-26(16-21)35-31(39(27)22-11-8-20(9-12-22)32(41)37(3)4)28-6-5-7-29(40)38(28)23-13-14-24(33)25(34)17-23/h8-17,28H,5-7H2,1-4H3/t28-/m0/s1. The van der Waals surface area contributed by atoms with Crippen molar-refractivity contribution in [2.24, 2.45) is 0 Å². The molecule has 2 amide bonds. The third-order valence-electron chi connectivity index (χ3n) is 7.71. The van der Waals surface area contributed by atoms with Crippen LogP contribution in [-0.2, 0) is 4.79 Å². The molecule has 8 nitrogen and oxygen atoms in total. The minimum absolute atomic E-state index is 0.122. The Balaban J connectivity index is 1.55. The molecule has 42 heavy (non-hydrogen) atoms. The summed E-state index contributed by atoms with van der Waals surface area (Å²) in [7, 11) is 3.39. The van der Waals surface area contributed by atoms with E-state index in [0.29, 0.717) is 35.5 Å². The van der Waals surface area contributed by atoms with Crippen molar-refractivity contribution in [1.82, 2.24) is 19.6 Å². The molecule has 1 aliphatic rings. The molecule has 1 aliphatic heterocycles. The lowest BCUT2D eigenvalue weighted by Crippen LogP contribution is -2.39. The molecule has 1 atom stereocenters. The largest absolute Gasteiger partial charge is 0.361 e. The molecular formula is C32H29F2N5O3. The maximum atomic E-state index is 14.3. The van der Waals surface area contributed by atoms with Gasteiger partial charge in [0.15, 0.2) is 11.6 Å². The van der Waals surface area contributed by atoms with Crippen molar-refractivity contribution in [2.75, 3.05) is 19.0 Å². The van der Waals surface area contributed by atoms with Crippen LogP contribution in [0.15, 0.2) is 65.2 Å². The van der Waals surface area contributed by atoms with Gasteiger partial charge >= 0.3 is 0 Å². The van der Waals surface area contributed by atoms with E-state index >= 15 is 0 Å². The highest BCUT2D eigenvalue weighted by molar-refractivity contribution is 5.96. The molecule has 5 aromatic rings. The minimum atomic E-state index is -1.02. The number of halogens is 2. The van der Waals surface area contributed by atoms with Gasteiger partial charge in [-0.25, -0.2) is 13.8 Å². The number of hydrogen-bond donors (Lipinski definition) is 0. The van der Waals surface area contributed by atoms with Crippen LogP contribution in [0.5, 0.6) is 0 Å². The summed E-state index contributed by atoms with van der Waals surface area (Å²) in [6.45, 7) is 3.73. The van der Waals surface area contributed by atoms with Crippen molar-refractivity contribution in [3.05, 3.63) is 95.1 Å². The average Bonchev–Trinajstić information content (AvgIpc) is 3.52. The summed E-state index contributed by atoms with van der Waals surface area (Å²) in [5.74, 6) is -1.06. The molecule has 6 rings (SSSR count). The molecule has 3 aromatic carbocycles. The van der Waals surface area contributed by atoms with Crippen molar-refractivity contribution in [3.8, 4) is 16.8 Å². The van der Waals surface area contributed by atoms with Gasteiger partial charge in [0.2, 0.25) is 5.91 Å². The van der Waals surface area contributed by atoms with Crippen LogP contribution in [0.3, 0.4) is 0 Å². The van der Waals surface area contributed by atoms with Crippen molar-refractivity contribution < 1.29 is 22.9 Å². The van der Waals surface area contributed by atoms with Crippen molar-refractivity contribution >= 4 is 28.5 Å². The summed E-state index contributed by atoms with van der Waals surface area (Å²) in [5, 5.41) is 4.08. The third kappa shape index (κ3) is 4.62. The maximum Gasteiger partial charge on any atom is 0.253 e. The molecule has 214 valence electrons. The lowest BCUT2D eigenvalue weighted by Gasteiger charge is -2.35. The summed E-state index contributed by atoms with van der Waals surface area (Å²) in [6, 6.07) is 16.0. The fraction of sp³-hybridized carbons (Fsp3) is 0.250. The Morgan fingerprint density at radius 2 is 1.71 bits per heavy atom. The van der Waals surface area contributed by atoms with E-state index in [1.54, 1.807) is 26.2 Å². The lowest BCUT2D eigenvalue weighted by atomic mass is 9.99. The molecular weight excluding hydrogens is 540 g/mol. The zero-order valence-corrected chi connectivity index (χ0v) is 23.7. The van der Waals surface area contributed by atoms with Crippen LogP contribution in [0.1, 0.15) is 52.9 Å². The predicted octanol–water partition coefficient (Wildman–Crippen LogP) is 6.54. The number of carbonyl (C=O) groups excluding carboxylic acids is 2. The number of amides is 2. The summed E-state index contributed by atoms with van der Waals surface area (Å²) >= 11 is 0. The van der Waals surface area contributed by atoms with E-state index in [1.165, 1.54) is 15.9 Å². The van der Waals surface area contributed by atoms with Crippen LogP contribution in [-0.4, -0.2) is 45.5 Å². The van der Waals surface area contributed by atoms with Crippen LogP contribution in [0.25, 0.3) is 27.8 Å². The highest BCUT2D eigenvalue weighted by Gasteiger charge is 2.35. The Morgan fingerprint density at radius 3 is 2.38 bits per heavy atom.